The third-order valence-electron chi connectivity index (χ3n) is 2.67. The highest BCUT2D eigenvalue weighted by Gasteiger charge is 2.13. The third kappa shape index (κ3) is 4.16. The van der Waals surface area contributed by atoms with E-state index in [0.717, 1.165) is 0 Å². The molecule has 0 heterocycles. The number of nitrogens with zero attached hydrogens (tertiary/aromatic N) is 2. The molecule has 0 aromatic heterocycles. The predicted octanol–water partition coefficient (Wildman–Crippen LogP) is 2.97. The second kappa shape index (κ2) is 7.04. The van der Waals surface area contributed by atoms with Crippen molar-refractivity contribution in [3.8, 4) is 0 Å². The Morgan fingerprint density at radius 2 is 1.57 bits per heavy atom. The number of isothiocyanates is 1. The molecule has 0 aliphatic heterocycles. The third-order valence-corrected chi connectivity index (χ3v) is 4.22. The summed E-state index contributed by atoms with van der Waals surface area (Å²) in [5, 5.41) is 2.23. The van der Waals surface area contributed by atoms with E-state index in [2.05, 4.69) is 27.4 Å². The van der Waals surface area contributed by atoms with Crippen LogP contribution >= 0.6 is 12.2 Å². The van der Waals surface area contributed by atoms with E-state index in [9.17, 15) is 8.42 Å². The zero-order valence-electron chi connectivity index (χ0n) is 11.0. The van der Waals surface area contributed by atoms with Crippen LogP contribution in [0.15, 0.2) is 75.5 Å². The van der Waals surface area contributed by atoms with E-state index < -0.39 is 9.84 Å². The van der Waals surface area contributed by atoms with Gasteiger partial charge in [0.1, 0.15) is 5.88 Å². The van der Waals surface area contributed by atoms with Crippen molar-refractivity contribution in [3.63, 3.8) is 0 Å². The molecule has 2 aromatic carbocycles. The molecule has 0 atom stereocenters. The number of thiocarbonyl (C=S) groups is 1. The number of hydrogen-bond donors (Lipinski definition) is 0. The van der Waals surface area contributed by atoms with Crippen molar-refractivity contribution in [2.45, 2.75) is 4.90 Å². The van der Waals surface area contributed by atoms with E-state index in [0.29, 0.717) is 5.56 Å². The molecule has 0 saturated heterocycles. The van der Waals surface area contributed by atoms with Gasteiger partial charge in [-0.15, -0.1) is 0 Å². The van der Waals surface area contributed by atoms with Gasteiger partial charge in [0, 0.05) is 5.56 Å². The lowest BCUT2D eigenvalue weighted by molar-refractivity contribution is 0.596. The maximum Gasteiger partial charge on any atom is 0.198 e. The van der Waals surface area contributed by atoms with Gasteiger partial charge in [0.25, 0.3) is 0 Å². The molecule has 0 radical (unpaired) electrons. The lowest BCUT2D eigenvalue weighted by Crippen LogP contribution is -2.07. The van der Waals surface area contributed by atoms with Crippen LogP contribution in [0.25, 0.3) is 0 Å². The smallest absolute Gasteiger partial charge is 0.198 e. The summed E-state index contributed by atoms with van der Waals surface area (Å²) in [5.41, 5.74) is 0.693. The van der Waals surface area contributed by atoms with E-state index in [1.54, 1.807) is 30.3 Å². The second-order valence-corrected chi connectivity index (χ2v) is 6.25. The first kappa shape index (κ1) is 15.3. The minimum Gasteiger partial charge on any atom is -0.249 e. The summed E-state index contributed by atoms with van der Waals surface area (Å²) in [4.78, 5) is 8.14. The zero-order valence-corrected chi connectivity index (χ0v) is 12.6. The number of hydrogen-bond acceptors (Lipinski definition) is 4. The van der Waals surface area contributed by atoms with E-state index >= 15 is 0 Å². The molecular weight excluding hydrogens is 304 g/mol. The Morgan fingerprint density at radius 3 is 2.14 bits per heavy atom. The Balaban J connectivity index is 2.31. The lowest BCUT2D eigenvalue weighted by Gasteiger charge is -2.03. The van der Waals surface area contributed by atoms with Gasteiger partial charge < -0.3 is 0 Å². The number of benzene rings is 2. The average molecular weight is 316 g/mol. The van der Waals surface area contributed by atoms with Crippen molar-refractivity contribution in [2.24, 2.45) is 9.98 Å². The maximum absolute atomic E-state index is 12.2. The summed E-state index contributed by atoms with van der Waals surface area (Å²) in [5.74, 6) is -0.132. The largest absolute Gasteiger partial charge is 0.249 e. The standard InChI is InChI=1S/C15H12N2O2S2/c18-21(19,14-9-5-2-6-10-14)12-17-15(16-11-20)13-7-3-1-4-8-13/h1-10H,12H2/b17-15-. The van der Waals surface area contributed by atoms with Gasteiger partial charge in [-0.3, -0.25) is 0 Å². The molecule has 0 spiro atoms. The number of aliphatic imine (C=N–C) groups is 2. The molecule has 0 aliphatic rings. The molecule has 0 N–H and O–H groups in total. The summed E-state index contributed by atoms with van der Waals surface area (Å²) in [6, 6.07) is 17.2. The Bertz CT molecular complexity index is 779. The molecule has 2 aromatic rings. The van der Waals surface area contributed by atoms with Crippen LogP contribution < -0.4 is 0 Å². The van der Waals surface area contributed by atoms with Crippen molar-refractivity contribution < 1.29 is 8.42 Å². The van der Waals surface area contributed by atoms with E-state index in [1.807, 2.05) is 18.2 Å². The van der Waals surface area contributed by atoms with Crippen LogP contribution in [0.1, 0.15) is 5.56 Å². The van der Waals surface area contributed by atoms with Crippen molar-refractivity contribution in [2.75, 3.05) is 5.88 Å². The topological polar surface area (TPSA) is 58.9 Å². The van der Waals surface area contributed by atoms with Crippen LogP contribution in [0.3, 0.4) is 0 Å². The predicted molar refractivity (Wildman–Crippen MR) is 86.5 cm³/mol. The highest BCUT2D eigenvalue weighted by molar-refractivity contribution is 7.91. The van der Waals surface area contributed by atoms with Crippen LogP contribution in [0, 0.1) is 0 Å². The Morgan fingerprint density at radius 1 is 1.00 bits per heavy atom. The van der Waals surface area contributed by atoms with Crippen molar-refractivity contribution >= 4 is 33.1 Å². The van der Waals surface area contributed by atoms with E-state index in [1.165, 1.54) is 12.1 Å². The van der Waals surface area contributed by atoms with Crippen molar-refractivity contribution in [1.82, 2.24) is 0 Å². The molecule has 0 amide bonds. The highest BCUT2D eigenvalue weighted by atomic mass is 32.2. The van der Waals surface area contributed by atoms with Gasteiger partial charge in [-0.2, -0.15) is 4.99 Å². The lowest BCUT2D eigenvalue weighted by atomic mass is 10.2. The first-order chi connectivity index (χ1) is 10.1. The molecule has 0 fully saturated rings. The van der Waals surface area contributed by atoms with E-state index in [-0.39, 0.29) is 16.6 Å². The minimum atomic E-state index is -3.49. The first-order valence-corrected chi connectivity index (χ1v) is 8.15. The Kier molecular flexibility index (Phi) is 5.11. The maximum atomic E-state index is 12.2. The van der Waals surface area contributed by atoms with Gasteiger partial charge in [-0.25, -0.2) is 13.4 Å². The molecule has 4 nitrogen and oxygen atoms in total. The molecule has 0 unspecified atom stereocenters. The fourth-order valence-electron chi connectivity index (χ4n) is 1.67. The minimum absolute atomic E-state index is 0.229. The summed E-state index contributed by atoms with van der Waals surface area (Å²) >= 11 is 4.58. The quantitative estimate of drug-likeness (QED) is 0.495. The number of amidine groups is 1. The van der Waals surface area contributed by atoms with Crippen LogP contribution in [-0.2, 0) is 9.84 Å². The molecule has 6 heteroatoms. The molecule has 0 saturated carbocycles. The van der Waals surface area contributed by atoms with Crippen LogP contribution in [-0.4, -0.2) is 25.3 Å². The summed E-state index contributed by atoms with van der Waals surface area (Å²) in [7, 11) is -3.49. The van der Waals surface area contributed by atoms with Crippen molar-refractivity contribution in [3.05, 3.63) is 66.2 Å². The van der Waals surface area contributed by atoms with Gasteiger partial charge in [-0.1, -0.05) is 48.5 Å². The van der Waals surface area contributed by atoms with Gasteiger partial charge in [0.2, 0.25) is 0 Å². The van der Waals surface area contributed by atoms with Gasteiger partial charge in [-0.05, 0) is 24.4 Å². The second-order valence-electron chi connectivity index (χ2n) is 4.11. The van der Waals surface area contributed by atoms with Crippen molar-refractivity contribution in [1.29, 1.82) is 0 Å². The SMILES string of the molecule is O=S(=O)(C/N=C(\N=C=S)c1ccccc1)c1ccccc1. The average Bonchev–Trinajstić information content (AvgIpc) is 2.53. The summed E-state index contributed by atoms with van der Waals surface area (Å²) < 4.78 is 24.4. The fraction of sp³-hybridized carbons (Fsp3) is 0.0667. The molecule has 21 heavy (non-hydrogen) atoms. The first-order valence-electron chi connectivity index (χ1n) is 6.09. The molecule has 0 aliphatic carbocycles. The Labute approximate surface area is 128 Å². The highest BCUT2D eigenvalue weighted by Crippen LogP contribution is 2.11. The Hall–Kier alpha value is -2.14. The zero-order chi connectivity index (χ0) is 15.1. The molecule has 106 valence electrons. The fourth-order valence-corrected chi connectivity index (χ4v) is 2.77. The number of rotatable bonds is 4. The monoisotopic (exact) mass is 316 g/mol. The van der Waals surface area contributed by atoms with E-state index in [4.69, 9.17) is 0 Å². The van der Waals surface area contributed by atoms with Gasteiger partial charge in [0.05, 0.1) is 10.1 Å². The van der Waals surface area contributed by atoms with Crippen LogP contribution in [0.4, 0.5) is 0 Å². The number of sulfone groups is 1. The summed E-state index contributed by atoms with van der Waals surface area (Å²) in [6.45, 7) is 0. The molecule has 0 bridgehead atoms. The van der Waals surface area contributed by atoms with Gasteiger partial charge in [0.15, 0.2) is 15.7 Å². The summed E-state index contributed by atoms with van der Waals surface area (Å²) in [6.07, 6.45) is 0. The van der Waals surface area contributed by atoms with Gasteiger partial charge >= 0.3 is 0 Å². The van der Waals surface area contributed by atoms with Crippen LogP contribution in [0.5, 0.6) is 0 Å². The van der Waals surface area contributed by atoms with Crippen LogP contribution in [0.2, 0.25) is 0 Å². The normalized spacial score (nSPS) is 11.7. The molecular formula is C15H12N2O2S2. The molecule has 2 rings (SSSR count).